The number of rotatable bonds is 2. The van der Waals surface area contributed by atoms with Crippen molar-refractivity contribution >= 4 is 17.7 Å². The maximum Gasteiger partial charge on any atom is 0.261 e. The van der Waals surface area contributed by atoms with Gasteiger partial charge in [-0.05, 0) is 31.0 Å². The smallest absolute Gasteiger partial charge is 0.261 e. The molecule has 4 rings (SSSR count). The summed E-state index contributed by atoms with van der Waals surface area (Å²) in [5, 5.41) is 0. The van der Waals surface area contributed by atoms with Gasteiger partial charge in [-0.3, -0.25) is 19.3 Å². The molecule has 3 aliphatic rings. The molecule has 0 spiro atoms. The summed E-state index contributed by atoms with van der Waals surface area (Å²) in [6.07, 6.45) is 5.03. The topological polar surface area (TPSA) is 66.9 Å². The second kappa shape index (κ2) is 6.59. The third-order valence-corrected chi connectivity index (χ3v) is 5.40. The van der Waals surface area contributed by atoms with Crippen molar-refractivity contribution in [2.45, 2.75) is 38.1 Å². The minimum atomic E-state index is -0.247. The molecule has 25 heavy (non-hydrogen) atoms. The van der Waals surface area contributed by atoms with E-state index < -0.39 is 0 Å². The van der Waals surface area contributed by atoms with Crippen molar-refractivity contribution in [3.8, 4) is 0 Å². The average Bonchev–Trinajstić information content (AvgIpc) is 2.92. The Morgan fingerprint density at radius 2 is 1.64 bits per heavy atom. The number of amides is 3. The van der Waals surface area contributed by atoms with Crippen molar-refractivity contribution < 1.29 is 19.1 Å². The summed E-state index contributed by atoms with van der Waals surface area (Å²) >= 11 is 0. The third-order valence-electron chi connectivity index (χ3n) is 5.40. The summed E-state index contributed by atoms with van der Waals surface area (Å²) in [5.74, 6) is -0.566. The number of carbonyl (C=O) groups excluding carboxylic acids is 3. The Bertz CT molecular complexity index is 718. The number of fused-ring (bicyclic) bond motifs is 1. The first-order chi connectivity index (χ1) is 12.2. The second-order valence-corrected chi connectivity index (χ2v) is 6.94. The highest BCUT2D eigenvalue weighted by Crippen LogP contribution is 2.31. The molecule has 0 unspecified atom stereocenters. The zero-order valence-electron chi connectivity index (χ0n) is 14.2. The van der Waals surface area contributed by atoms with Crippen LogP contribution >= 0.6 is 0 Å². The SMILES string of the molecule is O=C(c1ccc2c(c1)C(=O)N(C1CCCCC1)C2=O)N1CCOCC1. The van der Waals surface area contributed by atoms with E-state index in [1.165, 1.54) is 4.90 Å². The van der Waals surface area contributed by atoms with Gasteiger partial charge in [0.05, 0.1) is 24.3 Å². The Labute approximate surface area is 146 Å². The van der Waals surface area contributed by atoms with Gasteiger partial charge in [-0.15, -0.1) is 0 Å². The minimum Gasteiger partial charge on any atom is -0.378 e. The van der Waals surface area contributed by atoms with Gasteiger partial charge in [0.1, 0.15) is 0 Å². The van der Waals surface area contributed by atoms with Crippen LogP contribution in [0.25, 0.3) is 0 Å². The standard InChI is InChI=1S/C19H22N2O4/c22-17(20-8-10-25-11-9-20)13-6-7-15-16(12-13)19(24)21(18(15)23)14-4-2-1-3-5-14/h6-7,12,14H,1-5,8-11H2. The monoisotopic (exact) mass is 342 g/mol. The van der Waals surface area contributed by atoms with Crippen molar-refractivity contribution in [2.24, 2.45) is 0 Å². The van der Waals surface area contributed by atoms with E-state index in [1.54, 1.807) is 23.1 Å². The van der Waals surface area contributed by atoms with Gasteiger partial charge in [0, 0.05) is 24.7 Å². The van der Waals surface area contributed by atoms with Crippen molar-refractivity contribution in [1.29, 1.82) is 0 Å². The van der Waals surface area contributed by atoms with Gasteiger partial charge in [-0.2, -0.15) is 0 Å². The van der Waals surface area contributed by atoms with Gasteiger partial charge in [-0.1, -0.05) is 19.3 Å². The lowest BCUT2D eigenvalue weighted by Crippen LogP contribution is -2.41. The predicted octanol–water partition coefficient (Wildman–Crippen LogP) is 2.09. The van der Waals surface area contributed by atoms with Crippen LogP contribution in [-0.4, -0.2) is 59.9 Å². The van der Waals surface area contributed by atoms with Crippen LogP contribution in [0.4, 0.5) is 0 Å². The van der Waals surface area contributed by atoms with E-state index in [9.17, 15) is 14.4 Å². The van der Waals surface area contributed by atoms with Crippen LogP contribution in [0.1, 0.15) is 63.2 Å². The molecule has 1 saturated carbocycles. The quantitative estimate of drug-likeness (QED) is 0.772. The Hall–Kier alpha value is -2.21. The van der Waals surface area contributed by atoms with Crippen LogP contribution in [0.5, 0.6) is 0 Å². The highest BCUT2D eigenvalue weighted by Gasteiger charge is 2.40. The van der Waals surface area contributed by atoms with Gasteiger partial charge < -0.3 is 9.64 Å². The van der Waals surface area contributed by atoms with E-state index in [4.69, 9.17) is 4.74 Å². The number of morpholine rings is 1. The molecule has 132 valence electrons. The third kappa shape index (κ3) is 2.84. The largest absolute Gasteiger partial charge is 0.378 e. The summed E-state index contributed by atoms with van der Waals surface area (Å²) < 4.78 is 5.27. The molecule has 2 fully saturated rings. The number of benzene rings is 1. The fourth-order valence-electron chi connectivity index (χ4n) is 4.01. The molecule has 6 heteroatoms. The number of carbonyl (C=O) groups is 3. The Kier molecular flexibility index (Phi) is 4.29. The van der Waals surface area contributed by atoms with Crippen molar-refractivity contribution in [1.82, 2.24) is 9.80 Å². The predicted molar refractivity (Wildman–Crippen MR) is 90.5 cm³/mol. The lowest BCUT2D eigenvalue weighted by Gasteiger charge is -2.29. The maximum atomic E-state index is 12.8. The molecule has 1 aromatic carbocycles. The number of hydrogen-bond acceptors (Lipinski definition) is 4. The van der Waals surface area contributed by atoms with E-state index in [-0.39, 0.29) is 23.8 Å². The van der Waals surface area contributed by atoms with E-state index in [1.807, 2.05) is 0 Å². The fraction of sp³-hybridized carbons (Fsp3) is 0.526. The van der Waals surface area contributed by atoms with Crippen LogP contribution in [0.3, 0.4) is 0 Å². The molecule has 0 N–H and O–H groups in total. The highest BCUT2D eigenvalue weighted by atomic mass is 16.5. The molecule has 2 heterocycles. The van der Waals surface area contributed by atoms with E-state index in [0.29, 0.717) is 43.0 Å². The van der Waals surface area contributed by atoms with Crippen LogP contribution in [0, 0.1) is 0 Å². The lowest BCUT2D eigenvalue weighted by atomic mass is 9.94. The molecule has 1 aromatic rings. The first-order valence-corrected chi connectivity index (χ1v) is 9.06. The fourth-order valence-corrected chi connectivity index (χ4v) is 4.01. The summed E-state index contributed by atoms with van der Waals surface area (Å²) in [6.45, 7) is 2.17. The summed E-state index contributed by atoms with van der Waals surface area (Å²) in [6, 6.07) is 4.88. The highest BCUT2D eigenvalue weighted by molar-refractivity contribution is 6.22. The van der Waals surface area contributed by atoms with Crippen LogP contribution in [0.2, 0.25) is 0 Å². The van der Waals surface area contributed by atoms with Gasteiger partial charge in [0.25, 0.3) is 17.7 Å². The normalized spacial score (nSPS) is 21.6. The molecule has 0 atom stereocenters. The second-order valence-electron chi connectivity index (χ2n) is 6.94. The Morgan fingerprint density at radius 1 is 0.960 bits per heavy atom. The van der Waals surface area contributed by atoms with E-state index in [0.717, 1.165) is 32.1 Å². The maximum absolute atomic E-state index is 12.8. The van der Waals surface area contributed by atoms with Crippen molar-refractivity contribution in [2.75, 3.05) is 26.3 Å². The first kappa shape index (κ1) is 16.3. The molecule has 3 amide bonds. The van der Waals surface area contributed by atoms with Crippen LogP contribution in [0.15, 0.2) is 18.2 Å². The van der Waals surface area contributed by atoms with Crippen LogP contribution in [-0.2, 0) is 4.74 Å². The summed E-state index contributed by atoms with van der Waals surface area (Å²) in [4.78, 5) is 41.3. The number of hydrogen-bond donors (Lipinski definition) is 0. The zero-order chi connectivity index (χ0) is 17.4. The molecule has 0 bridgehead atoms. The molecule has 0 aromatic heterocycles. The van der Waals surface area contributed by atoms with Gasteiger partial charge in [0.2, 0.25) is 0 Å². The van der Waals surface area contributed by atoms with Crippen molar-refractivity contribution in [3.05, 3.63) is 34.9 Å². The molecule has 6 nitrogen and oxygen atoms in total. The van der Waals surface area contributed by atoms with Crippen LogP contribution < -0.4 is 0 Å². The van der Waals surface area contributed by atoms with Crippen molar-refractivity contribution in [3.63, 3.8) is 0 Å². The molecular weight excluding hydrogens is 320 g/mol. The summed E-state index contributed by atoms with van der Waals surface area (Å²) in [5.41, 5.74) is 1.26. The molecular formula is C19H22N2O4. The zero-order valence-corrected chi connectivity index (χ0v) is 14.2. The van der Waals surface area contributed by atoms with E-state index >= 15 is 0 Å². The average molecular weight is 342 g/mol. The minimum absolute atomic E-state index is 0.000422. The molecule has 1 saturated heterocycles. The van der Waals surface area contributed by atoms with Gasteiger partial charge in [-0.25, -0.2) is 0 Å². The lowest BCUT2D eigenvalue weighted by molar-refractivity contribution is 0.0303. The number of ether oxygens (including phenoxy) is 1. The van der Waals surface area contributed by atoms with Gasteiger partial charge >= 0.3 is 0 Å². The number of imide groups is 1. The number of nitrogens with zero attached hydrogens (tertiary/aromatic N) is 2. The van der Waals surface area contributed by atoms with Gasteiger partial charge in [0.15, 0.2) is 0 Å². The molecule has 0 radical (unpaired) electrons. The first-order valence-electron chi connectivity index (χ1n) is 9.06. The summed E-state index contributed by atoms with van der Waals surface area (Å²) in [7, 11) is 0. The Balaban J connectivity index is 1.59. The Morgan fingerprint density at radius 3 is 2.36 bits per heavy atom. The molecule has 2 aliphatic heterocycles. The molecule has 1 aliphatic carbocycles. The van der Waals surface area contributed by atoms with E-state index in [2.05, 4.69) is 0 Å².